The van der Waals surface area contributed by atoms with Crippen molar-refractivity contribution in [2.24, 2.45) is 0 Å². The second kappa shape index (κ2) is 5.57. The molecule has 0 bridgehead atoms. The summed E-state index contributed by atoms with van der Waals surface area (Å²) in [4.78, 5) is 3.51. The highest BCUT2D eigenvalue weighted by Gasteiger charge is 2.07. The molecular formula is C11H13BrN4S. The number of rotatable bonds is 4. The van der Waals surface area contributed by atoms with Gasteiger partial charge in [-0.1, -0.05) is 0 Å². The Balaban J connectivity index is 1.95. The topological polar surface area (TPSA) is 55.0 Å². The van der Waals surface area contributed by atoms with Crippen LogP contribution < -0.4 is 5.73 Å². The first-order chi connectivity index (χ1) is 8.15. The predicted octanol–water partition coefficient (Wildman–Crippen LogP) is 2.51. The van der Waals surface area contributed by atoms with Crippen molar-refractivity contribution in [3.63, 3.8) is 0 Å². The zero-order valence-corrected chi connectivity index (χ0v) is 11.8. The zero-order chi connectivity index (χ0) is 12.3. The Morgan fingerprint density at radius 2 is 2.12 bits per heavy atom. The van der Waals surface area contributed by atoms with Crippen LogP contribution in [0.4, 0.5) is 5.82 Å². The normalized spacial score (nSPS) is 11.0. The van der Waals surface area contributed by atoms with Crippen LogP contribution in [0.3, 0.4) is 0 Å². The van der Waals surface area contributed by atoms with Crippen LogP contribution in [0.2, 0.25) is 0 Å². The van der Waals surface area contributed by atoms with Gasteiger partial charge in [-0.2, -0.15) is 5.10 Å². The summed E-state index contributed by atoms with van der Waals surface area (Å²) in [6, 6.07) is 5.75. The second-order valence-corrected chi connectivity index (χ2v) is 5.67. The van der Waals surface area contributed by atoms with Gasteiger partial charge >= 0.3 is 0 Å². The quantitative estimate of drug-likeness (QED) is 0.942. The lowest BCUT2D eigenvalue weighted by atomic mass is 10.3. The predicted molar refractivity (Wildman–Crippen MR) is 73.6 cm³/mol. The van der Waals surface area contributed by atoms with Gasteiger partial charge in [0.25, 0.3) is 0 Å². The summed E-state index contributed by atoms with van der Waals surface area (Å²) in [5.41, 5.74) is 6.42. The van der Waals surface area contributed by atoms with E-state index in [1.165, 1.54) is 4.88 Å². The average molecular weight is 313 g/mol. The van der Waals surface area contributed by atoms with Gasteiger partial charge in [0, 0.05) is 22.4 Å². The molecule has 0 spiro atoms. The molecule has 2 aromatic rings. The zero-order valence-electron chi connectivity index (χ0n) is 9.43. The van der Waals surface area contributed by atoms with Crippen molar-refractivity contribution in [3.05, 3.63) is 38.6 Å². The van der Waals surface area contributed by atoms with Crippen LogP contribution in [0.25, 0.3) is 0 Å². The van der Waals surface area contributed by atoms with Crippen molar-refractivity contribution < 1.29 is 0 Å². The molecule has 0 saturated carbocycles. The first kappa shape index (κ1) is 12.5. The SMILES string of the molecule is CN(Cc1ccc(N)nn1)Cc1sccc1Br. The van der Waals surface area contributed by atoms with E-state index < -0.39 is 0 Å². The Labute approximate surface area is 113 Å². The Bertz CT molecular complexity index is 482. The molecule has 0 saturated heterocycles. The maximum Gasteiger partial charge on any atom is 0.146 e. The molecule has 2 N–H and O–H groups in total. The number of nitrogen functional groups attached to an aromatic ring is 1. The van der Waals surface area contributed by atoms with Crippen LogP contribution >= 0.6 is 27.3 Å². The van der Waals surface area contributed by atoms with Crippen molar-refractivity contribution in [1.82, 2.24) is 15.1 Å². The fourth-order valence-electron chi connectivity index (χ4n) is 1.47. The van der Waals surface area contributed by atoms with E-state index in [9.17, 15) is 0 Å². The van der Waals surface area contributed by atoms with Crippen LogP contribution in [-0.4, -0.2) is 22.1 Å². The lowest BCUT2D eigenvalue weighted by Crippen LogP contribution is -2.18. The highest BCUT2D eigenvalue weighted by Crippen LogP contribution is 2.24. The third-order valence-corrected chi connectivity index (χ3v) is 4.19. The number of thiophene rings is 1. The van der Waals surface area contributed by atoms with Gasteiger partial charge in [-0.15, -0.1) is 16.4 Å². The van der Waals surface area contributed by atoms with Crippen LogP contribution in [0.5, 0.6) is 0 Å². The standard InChI is InChI=1S/C11H13BrN4S/c1-16(7-10-9(12)4-5-17-10)6-8-2-3-11(13)15-14-8/h2-5H,6-7H2,1H3,(H2,13,15). The Morgan fingerprint density at radius 3 is 2.71 bits per heavy atom. The number of nitrogens with two attached hydrogens (primary N) is 1. The minimum atomic E-state index is 0.456. The summed E-state index contributed by atoms with van der Waals surface area (Å²) in [5, 5.41) is 9.97. The summed E-state index contributed by atoms with van der Waals surface area (Å²) < 4.78 is 1.16. The molecule has 2 heterocycles. The molecule has 0 radical (unpaired) electrons. The fraction of sp³-hybridized carbons (Fsp3) is 0.273. The third-order valence-electron chi connectivity index (χ3n) is 2.28. The lowest BCUT2D eigenvalue weighted by Gasteiger charge is -2.15. The molecular weight excluding hydrogens is 300 g/mol. The summed E-state index contributed by atoms with van der Waals surface area (Å²) in [7, 11) is 2.06. The minimum Gasteiger partial charge on any atom is -0.382 e. The molecule has 0 aliphatic rings. The molecule has 17 heavy (non-hydrogen) atoms. The number of hydrogen-bond donors (Lipinski definition) is 1. The van der Waals surface area contributed by atoms with Crippen LogP contribution in [0.15, 0.2) is 28.1 Å². The van der Waals surface area contributed by atoms with Crippen molar-refractivity contribution in [2.75, 3.05) is 12.8 Å². The van der Waals surface area contributed by atoms with E-state index in [0.29, 0.717) is 5.82 Å². The molecule has 2 aromatic heterocycles. The molecule has 0 aliphatic carbocycles. The van der Waals surface area contributed by atoms with Gasteiger partial charge in [0.1, 0.15) is 5.82 Å². The van der Waals surface area contributed by atoms with Crippen molar-refractivity contribution in [1.29, 1.82) is 0 Å². The first-order valence-electron chi connectivity index (χ1n) is 5.13. The molecule has 0 fully saturated rings. The van der Waals surface area contributed by atoms with E-state index in [2.05, 4.69) is 49.5 Å². The van der Waals surface area contributed by atoms with E-state index >= 15 is 0 Å². The highest BCUT2D eigenvalue weighted by molar-refractivity contribution is 9.10. The molecule has 0 amide bonds. The third kappa shape index (κ3) is 3.49. The van der Waals surface area contributed by atoms with Crippen LogP contribution in [0.1, 0.15) is 10.6 Å². The van der Waals surface area contributed by atoms with Gasteiger partial charge in [-0.3, -0.25) is 4.90 Å². The Hall–Kier alpha value is -0.980. The fourth-order valence-corrected chi connectivity index (χ4v) is 3.03. The maximum absolute atomic E-state index is 5.50. The average Bonchev–Trinajstić information content (AvgIpc) is 2.68. The number of hydrogen-bond acceptors (Lipinski definition) is 5. The molecule has 2 rings (SSSR count). The van der Waals surface area contributed by atoms with Gasteiger partial charge in [0.2, 0.25) is 0 Å². The van der Waals surface area contributed by atoms with Crippen LogP contribution in [-0.2, 0) is 13.1 Å². The maximum atomic E-state index is 5.50. The van der Waals surface area contributed by atoms with Gasteiger partial charge in [0.15, 0.2) is 0 Å². The summed E-state index contributed by atoms with van der Waals surface area (Å²) >= 11 is 5.28. The minimum absolute atomic E-state index is 0.456. The van der Waals surface area contributed by atoms with Crippen molar-refractivity contribution >= 4 is 33.1 Å². The lowest BCUT2D eigenvalue weighted by molar-refractivity contribution is 0.316. The Kier molecular flexibility index (Phi) is 4.09. The molecule has 90 valence electrons. The van der Waals surface area contributed by atoms with E-state index in [1.54, 1.807) is 17.4 Å². The monoisotopic (exact) mass is 312 g/mol. The smallest absolute Gasteiger partial charge is 0.146 e. The summed E-state index contributed by atoms with van der Waals surface area (Å²) in [5.74, 6) is 0.456. The molecule has 0 aromatic carbocycles. The van der Waals surface area contributed by atoms with Gasteiger partial charge < -0.3 is 5.73 Å². The van der Waals surface area contributed by atoms with E-state index in [1.807, 2.05) is 6.07 Å². The second-order valence-electron chi connectivity index (χ2n) is 3.81. The summed E-state index contributed by atoms with van der Waals surface area (Å²) in [6.45, 7) is 1.65. The molecule has 0 atom stereocenters. The van der Waals surface area contributed by atoms with E-state index in [0.717, 1.165) is 23.3 Å². The number of nitrogens with zero attached hydrogens (tertiary/aromatic N) is 3. The molecule has 0 unspecified atom stereocenters. The number of anilines is 1. The Morgan fingerprint density at radius 1 is 1.29 bits per heavy atom. The molecule has 6 heteroatoms. The van der Waals surface area contributed by atoms with Gasteiger partial charge in [-0.25, -0.2) is 0 Å². The van der Waals surface area contributed by atoms with Crippen molar-refractivity contribution in [3.8, 4) is 0 Å². The van der Waals surface area contributed by atoms with E-state index in [-0.39, 0.29) is 0 Å². The first-order valence-corrected chi connectivity index (χ1v) is 6.81. The van der Waals surface area contributed by atoms with Crippen LogP contribution in [0, 0.1) is 0 Å². The van der Waals surface area contributed by atoms with Gasteiger partial charge in [-0.05, 0) is 46.6 Å². The van der Waals surface area contributed by atoms with Crippen molar-refractivity contribution in [2.45, 2.75) is 13.1 Å². The largest absolute Gasteiger partial charge is 0.382 e. The number of aromatic nitrogens is 2. The highest BCUT2D eigenvalue weighted by atomic mass is 79.9. The summed E-state index contributed by atoms with van der Waals surface area (Å²) in [6.07, 6.45) is 0. The molecule has 0 aliphatic heterocycles. The molecule has 4 nitrogen and oxygen atoms in total. The number of halogens is 1. The van der Waals surface area contributed by atoms with E-state index in [4.69, 9.17) is 5.73 Å². The van der Waals surface area contributed by atoms with Gasteiger partial charge in [0.05, 0.1) is 5.69 Å².